The summed E-state index contributed by atoms with van der Waals surface area (Å²) in [5, 5.41) is 0. The first-order valence-corrected chi connectivity index (χ1v) is 9.49. The van der Waals surface area contributed by atoms with E-state index in [4.69, 9.17) is 4.98 Å². The highest BCUT2D eigenvalue weighted by molar-refractivity contribution is 5.77. The highest BCUT2D eigenvalue weighted by Gasteiger charge is 2.27. The third kappa shape index (κ3) is 2.40. The molecule has 5 aromatic rings. The largest absolute Gasteiger partial charge is 0.328 e. The molecular formula is C20H16N8O. The van der Waals surface area contributed by atoms with Crippen molar-refractivity contribution in [3.63, 3.8) is 0 Å². The lowest BCUT2D eigenvalue weighted by Gasteiger charge is -2.24. The van der Waals surface area contributed by atoms with Gasteiger partial charge in [0.25, 0.3) is 0 Å². The van der Waals surface area contributed by atoms with Gasteiger partial charge in [0.2, 0.25) is 5.95 Å². The number of benzene rings is 1. The van der Waals surface area contributed by atoms with Crippen molar-refractivity contribution in [2.24, 2.45) is 0 Å². The molecule has 0 saturated carbocycles. The first-order valence-electron chi connectivity index (χ1n) is 9.49. The third-order valence-corrected chi connectivity index (χ3v) is 5.44. The smallest absolute Gasteiger partial charge is 0.303 e. The average Bonchev–Trinajstić information content (AvgIpc) is 3.33. The van der Waals surface area contributed by atoms with Crippen LogP contribution in [0.2, 0.25) is 0 Å². The predicted octanol–water partition coefficient (Wildman–Crippen LogP) is 2.17. The van der Waals surface area contributed by atoms with E-state index >= 15 is 0 Å². The molecule has 1 unspecified atom stereocenters. The predicted molar refractivity (Wildman–Crippen MR) is 106 cm³/mol. The number of rotatable bonds is 2. The number of aryl methyl sites for hydroxylation is 1. The molecule has 0 aliphatic heterocycles. The summed E-state index contributed by atoms with van der Waals surface area (Å²) in [6, 6.07) is 7.59. The minimum atomic E-state index is -0.217. The summed E-state index contributed by atoms with van der Waals surface area (Å²) < 4.78 is 3.51. The fourth-order valence-electron chi connectivity index (χ4n) is 4.13. The van der Waals surface area contributed by atoms with Crippen molar-refractivity contribution in [2.45, 2.75) is 25.3 Å². The van der Waals surface area contributed by atoms with Gasteiger partial charge in [0.05, 0.1) is 34.7 Å². The lowest BCUT2D eigenvalue weighted by molar-refractivity contribution is 0.467. The second-order valence-corrected chi connectivity index (χ2v) is 7.11. The van der Waals surface area contributed by atoms with E-state index in [1.165, 1.54) is 0 Å². The Labute approximate surface area is 164 Å². The van der Waals surface area contributed by atoms with Crippen molar-refractivity contribution < 1.29 is 0 Å². The van der Waals surface area contributed by atoms with Crippen LogP contribution in [0.3, 0.4) is 0 Å². The maximum absolute atomic E-state index is 12.8. The van der Waals surface area contributed by atoms with Gasteiger partial charge in [-0.25, -0.2) is 14.8 Å². The zero-order valence-electron chi connectivity index (χ0n) is 15.4. The van der Waals surface area contributed by atoms with Gasteiger partial charge in [0.1, 0.15) is 11.8 Å². The summed E-state index contributed by atoms with van der Waals surface area (Å²) in [4.78, 5) is 38.3. The van der Waals surface area contributed by atoms with E-state index in [0.717, 1.165) is 41.7 Å². The fourth-order valence-corrected chi connectivity index (χ4v) is 4.13. The highest BCUT2D eigenvalue weighted by Crippen LogP contribution is 2.31. The van der Waals surface area contributed by atoms with E-state index in [0.29, 0.717) is 17.1 Å². The van der Waals surface area contributed by atoms with E-state index in [-0.39, 0.29) is 11.7 Å². The molecule has 0 radical (unpaired) electrons. The summed E-state index contributed by atoms with van der Waals surface area (Å²) in [5.74, 6) is 0.467. The van der Waals surface area contributed by atoms with Crippen molar-refractivity contribution in [1.29, 1.82) is 0 Å². The Morgan fingerprint density at radius 1 is 1.07 bits per heavy atom. The number of para-hydroxylation sites is 2. The summed E-state index contributed by atoms with van der Waals surface area (Å²) >= 11 is 0. The van der Waals surface area contributed by atoms with Crippen LogP contribution < -0.4 is 5.69 Å². The van der Waals surface area contributed by atoms with Gasteiger partial charge in [0.15, 0.2) is 5.65 Å². The standard InChI is InChI=1S/C20H16N8O/c29-20-25-14-10-23-19(27-11-24-12-4-1-2-6-15(12)27)26-18(14)28(20)16-7-3-5-13-17(16)22-9-8-21-13/h1-2,4,6,8-11,16H,3,5,7H2,(H,25,29). The molecule has 4 heterocycles. The molecule has 0 saturated heterocycles. The second kappa shape index (κ2) is 6.06. The number of nitrogens with zero attached hydrogens (tertiary/aromatic N) is 7. The number of aromatic amines is 1. The molecule has 1 aliphatic rings. The monoisotopic (exact) mass is 384 g/mol. The Morgan fingerprint density at radius 3 is 2.93 bits per heavy atom. The molecule has 1 aliphatic carbocycles. The Morgan fingerprint density at radius 2 is 1.97 bits per heavy atom. The van der Waals surface area contributed by atoms with Crippen LogP contribution in [0.4, 0.5) is 0 Å². The van der Waals surface area contributed by atoms with Gasteiger partial charge in [-0.1, -0.05) is 12.1 Å². The highest BCUT2D eigenvalue weighted by atomic mass is 16.1. The summed E-state index contributed by atoms with van der Waals surface area (Å²) in [6.45, 7) is 0. The van der Waals surface area contributed by atoms with E-state index in [1.807, 2.05) is 28.8 Å². The summed E-state index contributed by atoms with van der Waals surface area (Å²) in [5.41, 5.74) is 4.49. The molecule has 142 valence electrons. The van der Waals surface area contributed by atoms with Gasteiger partial charge >= 0.3 is 5.69 Å². The number of H-pyrrole nitrogens is 1. The zero-order chi connectivity index (χ0) is 19.4. The minimum Gasteiger partial charge on any atom is -0.303 e. The lowest BCUT2D eigenvalue weighted by Crippen LogP contribution is -2.27. The average molecular weight is 384 g/mol. The first kappa shape index (κ1) is 16.1. The Kier molecular flexibility index (Phi) is 3.37. The molecular weight excluding hydrogens is 368 g/mol. The lowest BCUT2D eigenvalue weighted by atomic mass is 9.95. The van der Waals surface area contributed by atoms with E-state index in [2.05, 4.69) is 24.9 Å². The number of aromatic nitrogens is 8. The molecule has 29 heavy (non-hydrogen) atoms. The number of imidazole rings is 2. The number of fused-ring (bicyclic) bond motifs is 3. The topological polar surface area (TPSA) is 107 Å². The van der Waals surface area contributed by atoms with Crippen molar-refractivity contribution in [3.05, 3.63) is 71.1 Å². The fraction of sp³-hybridized carbons (Fsp3) is 0.200. The van der Waals surface area contributed by atoms with Crippen molar-refractivity contribution in [3.8, 4) is 5.95 Å². The first-order chi connectivity index (χ1) is 14.3. The molecule has 0 fully saturated rings. The summed E-state index contributed by atoms with van der Waals surface area (Å²) in [6.07, 6.45) is 9.34. The quantitative estimate of drug-likeness (QED) is 0.500. The molecule has 9 nitrogen and oxygen atoms in total. The maximum Gasteiger partial charge on any atom is 0.328 e. The minimum absolute atomic E-state index is 0.198. The molecule has 1 aromatic carbocycles. The molecule has 0 amide bonds. The summed E-state index contributed by atoms with van der Waals surface area (Å²) in [7, 11) is 0. The third-order valence-electron chi connectivity index (χ3n) is 5.44. The number of hydrogen-bond donors (Lipinski definition) is 1. The number of hydrogen-bond acceptors (Lipinski definition) is 6. The molecule has 0 bridgehead atoms. The number of nitrogens with one attached hydrogen (secondary N) is 1. The SMILES string of the molecule is O=c1[nH]c2cnc(-n3cnc4ccccc43)nc2n1C1CCCc2nccnc21. The Balaban J connectivity index is 1.57. The normalized spacial score (nSPS) is 16.3. The Hall–Kier alpha value is -3.88. The molecule has 9 heteroatoms. The maximum atomic E-state index is 12.8. The van der Waals surface area contributed by atoms with E-state index in [9.17, 15) is 4.79 Å². The van der Waals surface area contributed by atoms with Crippen LogP contribution >= 0.6 is 0 Å². The van der Waals surface area contributed by atoms with Gasteiger partial charge in [-0.3, -0.25) is 19.1 Å². The van der Waals surface area contributed by atoms with Crippen LogP contribution in [-0.2, 0) is 6.42 Å². The van der Waals surface area contributed by atoms with Crippen LogP contribution in [0.1, 0.15) is 30.3 Å². The van der Waals surface area contributed by atoms with Gasteiger partial charge in [0, 0.05) is 12.4 Å². The van der Waals surface area contributed by atoms with Crippen molar-refractivity contribution in [1.82, 2.24) is 39.0 Å². The van der Waals surface area contributed by atoms with Gasteiger partial charge in [-0.2, -0.15) is 4.98 Å². The van der Waals surface area contributed by atoms with Gasteiger partial charge < -0.3 is 4.98 Å². The van der Waals surface area contributed by atoms with Crippen molar-refractivity contribution >= 4 is 22.2 Å². The van der Waals surface area contributed by atoms with Gasteiger partial charge in [-0.05, 0) is 31.4 Å². The van der Waals surface area contributed by atoms with Crippen LogP contribution in [0.5, 0.6) is 0 Å². The molecule has 1 atom stereocenters. The zero-order valence-corrected chi connectivity index (χ0v) is 15.4. The van der Waals surface area contributed by atoms with Crippen LogP contribution in [-0.4, -0.2) is 39.0 Å². The molecule has 0 spiro atoms. The Bertz CT molecular complexity index is 1430. The van der Waals surface area contributed by atoms with E-state index < -0.39 is 0 Å². The molecule has 4 aromatic heterocycles. The van der Waals surface area contributed by atoms with Crippen LogP contribution in [0.15, 0.2) is 54.0 Å². The van der Waals surface area contributed by atoms with Gasteiger partial charge in [-0.15, -0.1) is 0 Å². The molecule has 1 N–H and O–H groups in total. The second-order valence-electron chi connectivity index (χ2n) is 7.11. The van der Waals surface area contributed by atoms with Crippen LogP contribution in [0, 0.1) is 0 Å². The molecule has 6 rings (SSSR count). The van der Waals surface area contributed by atoms with Crippen molar-refractivity contribution in [2.75, 3.05) is 0 Å². The van der Waals surface area contributed by atoms with Crippen LogP contribution in [0.25, 0.3) is 28.1 Å². The van der Waals surface area contributed by atoms with E-state index in [1.54, 1.807) is 29.5 Å².